The first-order valence-electron chi connectivity index (χ1n) is 9.58. The number of H-pyrrole nitrogens is 1. The summed E-state index contributed by atoms with van der Waals surface area (Å²) in [7, 11) is -3.34. The van der Waals surface area contributed by atoms with Crippen LogP contribution in [0.2, 0.25) is 0 Å². The molecule has 0 aliphatic heterocycles. The molecular weight excluding hydrogens is 450 g/mol. The predicted octanol–water partition coefficient (Wildman–Crippen LogP) is 2.99. The van der Waals surface area contributed by atoms with Crippen molar-refractivity contribution in [3.8, 4) is 11.3 Å². The molecule has 3 N–H and O–H groups in total. The van der Waals surface area contributed by atoms with Crippen LogP contribution in [0, 0.1) is 0 Å². The minimum absolute atomic E-state index is 0.141. The number of para-hydroxylation sites is 1. The van der Waals surface area contributed by atoms with E-state index in [-0.39, 0.29) is 17.9 Å². The van der Waals surface area contributed by atoms with Crippen molar-refractivity contribution in [2.45, 2.75) is 12.8 Å². The van der Waals surface area contributed by atoms with Gasteiger partial charge >= 0.3 is 0 Å². The van der Waals surface area contributed by atoms with Gasteiger partial charge in [0.2, 0.25) is 15.9 Å². The van der Waals surface area contributed by atoms with E-state index in [1.54, 1.807) is 53.9 Å². The third kappa shape index (κ3) is 5.37. The van der Waals surface area contributed by atoms with Crippen molar-refractivity contribution in [2.75, 3.05) is 16.3 Å². The van der Waals surface area contributed by atoms with E-state index in [1.165, 1.54) is 11.3 Å². The van der Waals surface area contributed by atoms with Gasteiger partial charge in [0.1, 0.15) is 5.82 Å². The number of fused-ring (bicyclic) bond motifs is 1. The Balaban J connectivity index is 1.37. The largest absolute Gasteiger partial charge is 0.310 e. The van der Waals surface area contributed by atoms with Gasteiger partial charge in [0.15, 0.2) is 5.13 Å². The van der Waals surface area contributed by atoms with Gasteiger partial charge in [-0.1, -0.05) is 24.3 Å². The summed E-state index contributed by atoms with van der Waals surface area (Å²) in [5.41, 5.74) is 2.28. The summed E-state index contributed by atoms with van der Waals surface area (Å²) in [5.74, 6) is 0.209. The maximum Gasteiger partial charge on any atom is 0.258 e. The fourth-order valence-electron chi connectivity index (χ4n) is 3.05. The van der Waals surface area contributed by atoms with Crippen LogP contribution >= 0.6 is 11.3 Å². The number of nitrogens with one attached hydrogen (secondary N) is 3. The highest BCUT2D eigenvalue weighted by Crippen LogP contribution is 2.26. The quantitative estimate of drug-likeness (QED) is 0.381. The molecular formula is C21H19N5O4S2. The van der Waals surface area contributed by atoms with E-state index in [0.29, 0.717) is 39.7 Å². The molecule has 0 aliphatic carbocycles. The van der Waals surface area contributed by atoms with Gasteiger partial charge in [-0.2, -0.15) is 0 Å². The zero-order chi connectivity index (χ0) is 22.7. The van der Waals surface area contributed by atoms with Gasteiger partial charge in [-0.25, -0.2) is 18.4 Å². The van der Waals surface area contributed by atoms with Crippen molar-refractivity contribution in [1.82, 2.24) is 15.0 Å². The van der Waals surface area contributed by atoms with Gasteiger partial charge in [0.05, 0.1) is 22.9 Å². The minimum atomic E-state index is -3.34. The maximum atomic E-state index is 12.3. The molecule has 0 radical (unpaired) electrons. The first kappa shape index (κ1) is 21.7. The van der Waals surface area contributed by atoms with E-state index in [1.807, 2.05) is 0 Å². The van der Waals surface area contributed by atoms with Gasteiger partial charge < -0.3 is 10.3 Å². The van der Waals surface area contributed by atoms with Crippen LogP contribution in [0.1, 0.15) is 12.2 Å². The van der Waals surface area contributed by atoms with E-state index in [0.717, 1.165) is 11.8 Å². The first-order chi connectivity index (χ1) is 15.3. The van der Waals surface area contributed by atoms with Crippen LogP contribution in [0.25, 0.3) is 22.2 Å². The number of aromatic nitrogens is 3. The molecule has 164 valence electrons. The van der Waals surface area contributed by atoms with Gasteiger partial charge in [-0.15, -0.1) is 11.3 Å². The molecule has 32 heavy (non-hydrogen) atoms. The smallest absolute Gasteiger partial charge is 0.258 e. The highest BCUT2D eigenvalue weighted by atomic mass is 32.2. The summed E-state index contributed by atoms with van der Waals surface area (Å²) in [4.78, 5) is 36.0. The lowest BCUT2D eigenvalue weighted by atomic mass is 10.1. The second-order valence-electron chi connectivity index (χ2n) is 7.07. The summed E-state index contributed by atoms with van der Waals surface area (Å²) >= 11 is 1.28. The van der Waals surface area contributed by atoms with Gasteiger partial charge in [0.25, 0.3) is 5.56 Å². The lowest BCUT2D eigenvalue weighted by Gasteiger charge is -2.04. The average molecular weight is 470 g/mol. The van der Waals surface area contributed by atoms with Crippen molar-refractivity contribution in [3.05, 3.63) is 70.1 Å². The molecule has 0 saturated heterocycles. The Morgan fingerprint density at radius 1 is 1.09 bits per heavy atom. The molecule has 0 unspecified atom stereocenters. The molecule has 0 spiro atoms. The van der Waals surface area contributed by atoms with Crippen LogP contribution in [0.5, 0.6) is 0 Å². The Morgan fingerprint density at radius 2 is 1.84 bits per heavy atom. The van der Waals surface area contributed by atoms with Crippen molar-refractivity contribution < 1.29 is 13.2 Å². The molecule has 0 saturated carbocycles. The number of amides is 1. The average Bonchev–Trinajstić information content (AvgIpc) is 3.20. The van der Waals surface area contributed by atoms with Crippen molar-refractivity contribution in [3.63, 3.8) is 0 Å². The Bertz CT molecular complexity index is 1440. The number of sulfonamides is 1. The van der Waals surface area contributed by atoms with Crippen LogP contribution in [0.15, 0.2) is 58.7 Å². The molecule has 1 amide bonds. The fraction of sp³-hybridized carbons (Fsp3) is 0.143. The molecule has 0 aliphatic rings. The summed E-state index contributed by atoms with van der Waals surface area (Å²) < 4.78 is 25.0. The topological polar surface area (TPSA) is 134 Å². The molecule has 0 atom stereocenters. The third-order valence-corrected chi connectivity index (χ3v) is 5.85. The summed E-state index contributed by atoms with van der Waals surface area (Å²) in [5, 5.41) is 5.51. The lowest BCUT2D eigenvalue weighted by Crippen LogP contribution is -2.16. The molecule has 2 heterocycles. The lowest BCUT2D eigenvalue weighted by molar-refractivity contribution is -0.116. The van der Waals surface area contributed by atoms with Crippen LogP contribution in [-0.2, 0) is 21.2 Å². The molecule has 2 aromatic carbocycles. The van der Waals surface area contributed by atoms with E-state index in [4.69, 9.17) is 0 Å². The fourth-order valence-corrected chi connectivity index (χ4v) is 4.35. The minimum Gasteiger partial charge on any atom is -0.310 e. The number of benzene rings is 2. The second-order valence-corrected chi connectivity index (χ2v) is 9.67. The van der Waals surface area contributed by atoms with Crippen LogP contribution in [0.3, 0.4) is 0 Å². The second kappa shape index (κ2) is 8.89. The predicted molar refractivity (Wildman–Crippen MR) is 125 cm³/mol. The molecule has 9 nitrogen and oxygen atoms in total. The molecule has 4 aromatic rings. The van der Waals surface area contributed by atoms with Crippen molar-refractivity contribution in [2.24, 2.45) is 0 Å². The van der Waals surface area contributed by atoms with Gasteiger partial charge in [-0.3, -0.25) is 14.3 Å². The number of thiazole rings is 1. The first-order valence-corrected chi connectivity index (χ1v) is 12.4. The Hall–Kier alpha value is -3.57. The molecule has 11 heteroatoms. The Morgan fingerprint density at radius 3 is 2.59 bits per heavy atom. The number of rotatable bonds is 7. The van der Waals surface area contributed by atoms with Gasteiger partial charge in [-0.05, 0) is 24.3 Å². The number of aryl methyl sites for hydroxylation is 1. The van der Waals surface area contributed by atoms with E-state index >= 15 is 0 Å². The third-order valence-electron chi connectivity index (χ3n) is 4.49. The summed E-state index contributed by atoms with van der Waals surface area (Å²) in [6.07, 6.45) is 1.52. The normalized spacial score (nSPS) is 11.4. The SMILES string of the molecule is CS(=O)(=O)Nc1ccc(-c2csc(NC(=O)CCc3nc4ccccc4c(=O)[nH]3)n2)cc1. The summed E-state index contributed by atoms with van der Waals surface area (Å²) in [6, 6.07) is 13.8. The number of aromatic amines is 1. The molecule has 4 rings (SSSR count). The summed E-state index contributed by atoms with van der Waals surface area (Å²) in [6.45, 7) is 0. The van der Waals surface area contributed by atoms with Crippen LogP contribution in [-0.4, -0.2) is 35.5 Å². The maximum absolute atomic E-state index is 12.3. The zero-order valence-corrected chi connectivity index (χ0v) is 18.6. The van der Waals surface area contributed by atoms with E-state index in [2.05, 4.69) is 25.0 Å². The molecule has 0 bridgehead atoms. The standard InChI is InChI=1S/C21H19N5O4S2/c1-32(29,30)26-14-8-6-13(7-9-14)17-12-31-21(23-17)25-19(27)11-10-18-22-16-5-3-2-4-15(16)20(28)24-18/h2-9,12,26H,10-11H2,1H3,(H,22,24,28)(H,23,25,27). The molecule has 2 aromatic heterocycles. The van der Waals surface area contributed by atoms with Crippen LogP contribution < -0.4 is 15.6 Å². The highest BCUT2D eigenvalue weighted by Gasteiger charge is 2.11. The number of anilines is 2. The number of carbonyl (C=O) groups excluding carboxylic acids is 1. The zero-order valence-electron chi connectivity index (χ0n) is 17.0. The van der Waals surface area contributed by atoms with Gasteiger partial charge in [0, 0.05) is 29.5 Å². The number of hydrogen-bond acceptors (Lipinski definition) is 7. The number of hydrogen-bond donors (Lipinski definition) is 3. The van der Waals surface area contributed by atoms with Crippen LogP contribution in [0.4, 0.5) is 10.8 Å². The van der Waals surface area contributed by atoms with E-state index < -0.39 is 10.0 Å². The van der Waals surface area contributed by atoms with E-state index in [9.17, 15) is 18.0 Å². The highest BCUT2D eigenvalue weighted by molar-refractivity contribution is 7.92. The Kier molecular flexibility index (Phi) is 6.01. The Labute approximate surface area is 187 Å². The van der Waals surface area contributed by atoms with Crippen molar-refractivity contribution >= 4 is 49.0 Å². The van der Waals surface area contributed by atoms with Crippen molar-refractivity contribution in [1.29, 1.82) is 0 Å². The number of carbonyl (C=O) groups is 1. The monoisotopic (exact) mass is 469 g/mol. The number of nitrogens with zero attached hydrogens (tertiary/aromatic N) is 2. The molecule has 0 fully saturated rings.